The minimum Gasteiger partial charge on any atom is -0.383 e. The van der Waals surface area contributed by atoms with Crippen LogP contribution in [0.3, 0.4) is 0 Å². The molecule has 2 fully saturated rings. The van der Waals surface area contributed by atoms with E-state index in [1.54, 1.807) is 6.20 Å². The van der Waals surface area contributed by atoms with Crippen molar-refractivity contribution in [1.82, 2.24) is 15.0 Å². The number of nitrogens with zero attached hydrogens (tertiary/aromatic N) is 5. The normalized spacial score (nSPS) is 20.4. The Hall–Kier alpha value is -1.64. The highest BCUT2D eigenvalue weighted by Gasteiger charge is 2.29. The molecule has 1 unspecified atom stereocenters. The molecule has 1 aliphatic carbocycles. The van der Waals surface area contributed by atoms with Gasteiger partial charge in [0.2, 0.25) is 5.95 Å². The Bertz CT molecular complexity index is 827. The lowest BCUT2D eigenvalue weighted by molar-refractivity contribution is 0.656. The molecule has 1 saturated heterocycles. The number of hydrogen-bond acceptors (Lipinski definition) is 7. The van der Waals surface area contributed by atoms with Crippen molar-refractivity contribution in [3.8, 4) is 0 Å². The molecule has 4 rings (SSSR count). The number of pyridine rings is 1. The van der Waals surface area contributed by atoms with Gasteiger partial charge in [0.05, 0.1) is 10.2 Å². The van der Waals surface area contributed by atoms with Crippen LogP contribution >= 0.6 is 27.5 Å². The number of nitrogens with two attached hydrogens (primary N) is 2. The van der Waals surface area contributed by atoms with Gasteiger partial charge >= 0.3 is 0 Å². The van der Waals surface area contributed by atoms with E-state index in [1.807, 2.05) is 12.1 Å². The Morgan fingerprint density at radius 2 is 1.96 bits per heavy atom. The zero-order valence-corrected chi connectivity index (χ0v) is 17.3. The van der Waals surface area contributed by atoms with Gasteiger partial charge in [0.15, 0.2) is 5.15 Å². The highest BCUT2D eigenvalue weighted by molar-refractivity contribution is 9.10. The fourth-order valence-electron chi connectivity index (χ4n) is 3.90. The second kappa shape index (κ2) is 7.77. The van der Waals surface area contributed by atoms with Crippen LogP contribution in [0.5, 0.6) is 0 Å². The maximum absolute atomic E-state index is 6.56. The van der Waals surface area contributed by atoms with E-state index in [0.717, 1.165) is 43.9 Å². The van der Waals surface area contributed by atoms with Crippen molar-refractivity contribution in [2.45, 2.75) is 44.2 Å². The summed E-state index contributed by atoms with van der Waals surface area (Å²) < 4.78 is 0.685. The molecule has 1 atom stereocenters. The van der Waals surface area contributed by atoms with Gasteiger partial charge in [0.25, 0.3) is 0 Å². The average molecular weight is 453 g/mol. The van der Waals surface area contributed by atoms with Crippen LogP contribution in [0.2, 0.25) is 5.15 Å². The van der Waals surface area contributed by atoms with E-state index in [2.05, 4.69) is 35.7 Å². The Morgan fingerprint density at radius 1 is 1.19 bits per heavy atom. The number of hydrogen-bond donors (Lipinski definition) is 2. The summed E-state index contributed by atoms with van der Waals surface area (Å²) in [6, 6.07) is 4.49. The van der Waals surface area contributed by atoms with Crippen molar-refractivity contribution < 1.29 is 0 Å². The Balaban J connectivity index is 1.69. The SMILES string of the molecule is Nc1nc(N(c2ccc(N3CCC(N)C3)c(Cl)n2)C2CCCC2)ncc1Br. The predicted octanol–water partition coefficient (Wildman–Crippen LogP) is 3.49. The second-order valence-corrected chi connectivity index (χ2v) is 8.40. The van der Waals surface area contributed by atoms with Gasteiger partial charge in [-0.2, -0.15) is 4.98 Å². The quantitative estimate of drug-likeness (QED) is 0.685. The molecule has 0 spiro atoms. The fourth-order valence-corrected chi connectivity index (χ4v) is 4.36. The smallest absolute Gasteiger partial charge is 0.233 e. The summed E-state index contributed by atoms with van der Waals surface area (Å²) in [4.78, 5) is 17.9. The van der Waals surface area contributed by atoms with Crippen LogP contribution in [0.1, 0.15) is 32.1 Å². The summed E-state index contributed by atoms with van der Waals surface area (Å²) in [6.45, 7) is 1.71. The van der Waals surface area contributed by atoms with E-state index in [4.69, 9.17) is 28.1 Å². The summed E-state index contributed by atoms with van der Waals surface area (Å²) in [5.41, 5.74) is 13.0. The molecule has 2 aliphatic rings. The molecule has 3 heterocycles. The first-order valence-electron chi connectivity index (χ1n) is 9.27. The first-order chi connectivity index (χ1) is 13.0. The second-order valence-electron chi connectivity index (χ2n) is 7.19. The number of aromatic nitrogens is 3. The van der Waals surface area contributed by atoms with Gasteiger partial charge in [0, 0.05) is 31.4 Å². The summed E-state index contributed by atoms with van der Waals surface area (Å²) in [5, 5.41) is 0.481. The number of nitrogen functional groups attached to an aromatic ring is 1. The van der Waals surface area contributed by atoms with Crippen molar-refractivity contribution >= 4 is 50.8 Å². The van der Waals surface area contributed by atoms with Crippen LogP contribution in [-0.2, 0) is 0 Å². The number of anilines is 4. The monoisotopic (exact) mass is 451 g/mol. The zero-order valence-electron chi connectivity index (χ0n) is 15.0. The molecule has 2 aromatic rings. The van der Waals surface area contributed by atoms with Gasteiger partial charge in [-0.25, -0.2) is 9.97 Å². The minimum atomic E-state index is 0.190. The van der Waals surface area contributed by atoms with Crippen LogP contribution in [0.15, 0.2) is 22.8 Å². The maximum Gasteiger partial charge on any atom is 0.233 e. The zero-order chi connectivity index (χ0) is 19.0. The minimum absolute atomic E-state index is 0.190. The van der Waals surface area contributed by atoms with Gasteiger partial charge in [-0.3, -0.25) is 4.90 Å². The summed E-state index contributed by atoms with van der Waals surface area (Å²) >= 11 is 9.92. The van der Waals surface area contributed by atoms with E-state index in [9.17, 15) is 0 Å². The van der Waals surface area contributed by atoms with Crippen LogP contribution in [0.4, 0.5) is 23.3 Å². The van der Waals surface area contributed by atoms with Crippen molar-refractivity contribution in [3.05, 3.63) is 28.0 Å². The van der Waals surface area contributed by atoms with Crippen molar-refractivity contribution in [3.63, 3.8) is 0 Å². The summed E-state index contributed by atoms with van der Waals surface area (Å²) in [5.74, 6) is 1.72. The maximum atomic E-state index is 6.56. The standard InChI is InChI=1S/C18H23BrClN7/c19-13-9-23-18(25-17(13)22)27(12-3-1-2-4-12)15-6-5-14(16(20)24-15)26-8-7-11(21)10-26/h5-6,9,11-12H,1-4,7-8,10,21H2,(H2,22,23,25). The molecular weight excluding hydrogens is 430 g/mol. The Morgan fingerprint density at radius 3 is 2.59 bits per heavy atom. The summed E-state index contributed by atoms with van der Waals surface area (Å²) in [7, 11) is 0. The molecule has 1 saturated carbocycles. The highest BCUT2D eigenvalue weighted by Crippen LogP contribution is 2.36. The Labute approximate surface area is 172 Å². The van der Waals surface area contributed by atoms with Gasteiger partial charge in [-0.15, -0.1) is 0 Å². The molecule has 4 N–H and O–H groups in total. The molecule has 7 nitrogen and oxygen atoms in total. The van der Waals surface area contributed by atoms with E-state index >= 15 is 0 Å². The lowest BCUT2D eigenvalue weighted by atomic mass is 10.2. The third-order valence-electron chi connectivity index (χ3n) is 5.29. The largest absolute Gasteiger partial charge is 0.383 e. The molecule has 2 aromatic heterocycles. The van der Waals surface area contributed by atoms with Crippen LogP contribution in [0, 0.1) is 0 Å². The van der Waals surface area contributed by atoms with Gasteiger partial charge in [0.1, 0.15) is 11.6 Å². The third-order valence-corrected chi connectivity index (χ3v) is 6.18. The first-order valence-corrected chi connectivity index (χ1v) is 10.4. The van der Waals surface area contributed by atoms with Crippen molar-refractivity contribution in [1.29, 1.82) is 0 Å². The molecule has 0 amide bonds. The van der Waals surface area contributed by atoms with Gasteiger partial charge < -0.3 is 16.4 Å². The van der Waals surface area contributed by atoms with Gasteiger partial charge in [-0.1, -0.05) is 24.4 Å². The first kappa shape index (κ1) is 18.7. The fraction of sp³-hybridized carbons (Fsp3) is 0.500. The topological polar surface area (TPSA) is 97.2 Å². The van der Waals surface area contributed by atoms with E-state index in [1.165, 1.54) is 12.8 Å². The van der Waals surface area contributed by atoms with E-state index in [-0.39, 0.29) is 6.04 Å². The average Bonchev–Trinajstić information content (AvgIpc) is 3.31. The molecule has 1 aliphatic heterocycles. The number of halogens is 2. The van der Waals surface area contributed by atoms with Gasteiger partial charge in [-0.05, 0) is 47.3 Å². The molecule has 0 radical (unpaired) electrons. The number of rotatable bonds is 4. The molecule has 9 heteroatoms. The van der Waals surface area contributed by atoms with Crippen molar-refractivity contribution in [2.24, 2.45) is 5.73 Å². The molecular formula is C18H23BrClN7. The molecule has 0 aromatic carbocycles. The van der Waals surface area contributed by atoms with Crippen LogP contribution < -0.4 is 21.3 Å². The van der Waals surface area contributed by atoms with Crippen LogP contribution in [-0.4, -0.2) is 40.1 Å². The molecule has 144 valence electrons. The molecule has 27 heavy (non-hydrogen) atoms. The Kier molecular flexibility index (Phi) is 5.39. The molecule has 0 bridgehead atoms. The third kappa shape index (κ3) is 3.83. The van der Waals surface area contributed by atoms with E-state index in [0.29, 0.717) is 27.4 Å². The lowest BCUT2D eigenvalue weighted by Gasteiger charge is -2.29. The van der Waals surface area contributed by atoms with E-state index < -0.39 is 0 Å². The summed E-state index contributed by atoms with van der Waals surface area (Å²) in [6.07, 6.45) is 7.16. The predicted molar refractivity (Wildman–Crippen MR) is 113 cm³/mol. The highest BCUT2D eigenvalue weighted by atomic mass is 79.9. The van der Waals surface area contributed by atoms with Crippen molar-refractivity contribution in [2.75, 3.05) is 28.6 Å². The van der Waals surface area contributed by atoms with Crippen LogP contribution in [0.25, 0.3) is 0 Å². The lowest BCUT2D eigenvalue weighted by Crippen LogP contribution is -2.31.